The lowest BCUT2D eigenvalue weighted by Gasteiger charge is -2.36. The Kier molecular flexibility index (Phi) is 4.76. The van der Waals surface area contributed by atoms with E-state index in [1.165, 1.54) is 12.1 Å². The number of nitrogens with zero attached hydrogens (tertiary/aromatic N) is 1. The minimum Gasteiger partial charge on any atom is -0.339 e. The number of rotatable bonds is 3. The van der Waals surface area contributed by atoms with Gasteiger partial charge >= 0.3 is 0 Å². The summed E-state index contributed by atoms with van der Waals surface area (Å²) in [5.41, 5.74) is 1.03. The summed E-state index contributed by atoms with van der Waals surface area (Å²) >= 11 is 0. The van der Waals surface area contributed by atoms with E-state index in [4.69, 9.17) is 0 Å². The van der Waals surface area contributed by atoms with E-state index in [0.717, 1.165) is 18.7 Å². The van der Waals surface area contributed by atoms with E-state index in [0.29, 0.717) is 12.5 Å². The number of benzene rings is 1. The molecule has 0 spiro atoms. The minimum atomic E-state index is -0.231. The first kappa shape index (κ1) is 15.0. The third kappa shape index (κ3) is 3.37. The van der Waals surface area contributed by atoms with Crippen molar-refractivity contribution in [3.8, 4) is 0 Å². The normalized spacial score (nSPS) is 21.1. The molecule has 110 valence electrons. The van der Waals surface area contributed by atoms with Crippen LogP contribution in [0.3, 0.4) is 0 Å². The number of hydrogen-bond acceptors (Lipinski definition) is 2. The van der Waals surface area contributed by atoms with Crippen LogP contribution in [0.1, 0.15) is 32.4 Å². The van der Waals surface area contributed by atoms with Crippen LogP contribution in [0.5, 0.6) is 0 Å². The molecule has 3 nitrogen and oxygen atoms in total. The van der Waals surface area contributed by atoms with E-state index in [1.807, 2.05) is 11.8 Å². The molecule has 1 N–H and O–H groups in total. The Morgan fingerprint density at radius 1 is 1.30 bits per heavy atom. The van der Waals surface area contributed by atoms with Crippen molar-refractivity contribution in [3.05, 3.63) is 35.6 Å². The van der Waals surface area contributed by atoms with Crippen molar-refractivity contribution in [2.75, 3.05) is 19.6 Å². The van der Waals surface area contributed by atoms with Crippen molar-refractivity contribution >= 4 is 5.91 Å². The van der Waals surface area contributed by atoms with Gasteiger partial charge < -0.3 is 10.2 Å². The molecule has 2 atom stereocenters. The molecule has 1 saturated heterocycles. The lowest BCUT2D eigenvalue weighted by molar-refractivity contribution is -0.137. The third-order valence-electron chi connectivity index (χ3n) is 4.15. The first-order chi connectivity index (χ1) is 9.49. The fourth-order valence-corrected chi connectivity index (χ4v) is 2.44. The van der Waals surface area contributed by atoms with Gasteiger partial charge in [0.05, 0.1) is 0 Å². The van der Waals surface area contributed by atoms with Gasteiger partial charge in [-0.05, 0) is 23.6 Å². The second-order valence-electron chi connectivity index (χ2n) is 5.88. The van der Waals surface area contributed by atoms with Gasteiger partial charge in [0.1, 0.15) is 5.82 Å². The molecule has 4 heteroatoms. The van der Waals surface area contributed by atoms with E-state index < -0.39 is 0 Å². The van der Waals surface area contributed by atoms with Crippen LogP contribution in [-0.4, -0.2) is 30.4 Å². The summed E-state index contributed by atoms with van der Waals surface area (Å²) in [6.45, 7) is 8.31. The lowest BCUT2D eigenvalue weighted by Crippen LogP contribution is -2.50. The Morgan fingerprint density at radius 3 is 2.55 bits per heavy atom. The summed E-state index contributed by atoms with van der Waals surface area (Å²) in [5, 5.41) is 3.39. The fraction of sp³-hybridized carbons (Fsp3) is 0.562. The number of amides is 1. The van der Waals surface area contributed by atoms with Crippen LogP contribution in [0.4, 0.5) is 4.39 Å². The molecule has 0 bridgehead atoms. The zero-order valence-corrected chi connectivity index (χ0v) is 12.4. The monoisotopic (exact) mass is 278 g/mol. The molecule has 1 heterocycles. The van der Waals surface area contributed by atoms with Crippen molar-refractivity contribution in [1.82, 2.24) is 10.2 Å². The molecule has 1 aromatic rings. The molecule has 2 unspecified atom stereocenters. The van der Waals surface area contributed by atoms with Crippen molar-refractivity contribution < 1.29 is 9.18 Å². The molecule has 1 amide bonds. The number of halogens is 1. The number of carbonyl (C=O) groups excluding carboxylic acids is 1. The molecule has 0 radical (unpaired) electrons. The lowest BCUT2D eigenvalue weighted by atomic mass is 9.95. The maximum atomic E-state index is 13.0. The fourth-order valence-electron chi connectivity index (χ4n) is 2.44. The van der Waals surface area contributed by atoms with Crippen LogP contribution < -0.4 is 5.32 Å². The number of piperazine rings is 1. The Hall–Kier alpha value is -1.42. The molecule has 1 aromatic carbocycles. The van der Waals surface area contributed by atoms with Gasteiger partial charge in [0.15, 0.2) is 0 Å². The molecule has 1 aliphatic heterocycles. The highest BCUT2D eigenvalue weighted by molar-refractivity contribution is 5.78. The van der Waals surface area contributed by atoms with E-state index in [1.54, 1.807) is 12.1 Å². The molecule has 1 aliphatic rings. The molecule has 0 aliphatic carbocycles. The summed E-state index contributed by atoms with van der Waals surface area (Å²) in [5.74, 6) is 0.378. The van der Waals surface area contributed by atoms with Crippen molar-refractivity contribution in [3.63, 3.8) is 0 Å². The molecular formula is C16H23FN2O. The molecule has 20 heavy (non-hydrogen) atoms. The Balaban J connectivity index is 2.05. The largest absolute Gasteiger partial charge is 0.339 e. The predicted molar refractivity (Wildman–Crippen MR) is 77.7 cm³/mol. The molecular weight excluding hydrogens is 255 g/mol. The highest BCUT2D eigenvalue weighted by Crippen LogP contribution is 2.21. The molecule has 0 aromatic heterocycles. The second kappa shape index (κ2) is 6.35. The average molecular weight is 278 g/mol. The van der Waals surface area contributed by atoms with Gasteiger partial charge in [-0.25, -0.2) is 4.39 Å². The van der Waals surface area contributed by atoms with Crippen molar-refractivity contribution in [2.24, 2.45) is 11.8 Å². The Bertz CT molecular complexity index is 458. The van der Waals surface area contributed by atoms with Crippen LogP contribution >= 0.6 is 0 Å². The molecule has 1 fully saturated rings. The predicted octanol–water partition coefficient (Wildman–Crippen LogP) is 2.59. The van der Waals surface area contributed by atoms with Crippen LogP contribution in [0, 0.1) is 17.7 Å². The molecule has 2 rings (SSSR count). The van der Waals surface area contributed by atoms with E-state index in [9.17, 15) is 9.18 Å². The van der Waals surface area contributed by atoms with Gasteiger partial charge in [-0.3, -0.25) is 4.79 Å². The highest BCUT2D eigenvalue weighted by Gasteiger charge is 2.28. The van der Waals surface area contributed by atoms with Gasteiger partial charge in [0.2, 0.25) is 5.91 Å². The van der Waals surface area contributed by atoms with Crippen LogP contribution in [-0.2, 0) is 4.79 Å². The van der Waals surface area contributed by atoms with Gasteiger partial charge in [0.25, 0.3) is 0 Å². The average Bonchev–Trinajstić information content (AvgIpc) is 2.46. The van der Waals surface area contributed by atoms with Gasteiger partial charge in [-0.2, -0.15) is 0 Å². The number of hydrogen-bond donors (Lipinski definition) is 1. The van der Waals surface area contributed by atoms with E-state index in [-0.39, 0.29) is 23.7 Å². The highest BCUT2D eigenvalue weighted by atomic mass is 19.1. The first-order valence-corrected chi connectivity index (χ1v) is 7.26. The summed E-state index contributed by atoms with van der Waals surface area (Å²) in [7, 11) is 0. The smallest absolute Gasteiger partial charge is 0.225 e. The van der Waals surface area contributed by atoms with Gasteiger partial charge in [-0.1, -0.05) is 32.9 Å². The van der Waals surface area contributed by atoms with Crippen molar-refractivity contribution in [1.29, 1.82) is 0 Å². The van der Waals surface area contributed by atoms with E-state index >= 15 is 0 Å². The Labute approximate surface area is 120 Å². The topological polar surface area (TPSA) is 32.3 Å². The maximum Gasteiger partial charge on any atom is 0.225 e. The van der Waals surface area contributed by atoms with Gasteiger partial charge in [-0.15, -0.1) is 0 Å². The van der Waals surface area contributed by atoms with Crippen LogP contribution in [0.25, 0.3) is 0 Å². The summed E-state index contributed by atoms with van der Waals surface area (Å²) in [6, 6.07) is 6.59. The zero-order valence-electron chi connectivity index (χ0n) is 12.4. The number of nitrogens with one attached hydrogen (secondary N) is 1. The Morgan fingerprint density at radius 2 is 1.95 bits per heavy atom. The quantitative estimate of drug-likeness (QED) is 0.921. The SMILES string of the molecule is CC(C)C(C)C(=O)N1CCNC(c2ccc(F)cc2)C1. The standard InChI is InChI=1S/C16H23FN2O/c1-11(2)12(3)16(20)19-9-8-18-15(10-19)13-4-6-14(17)7-5-13/h4-7,11-12,15,18H,8-10H2,1-3H3. The van der Waals surface area contributed by atoms with Crippen molar-refractivity contribution in [2.45, 2.75) is 26.8 Å². The first-order valence-electron chi connectivity index (χ1n) is 7.26. The number of carbonyl (C=O) groups is 1. The summed E-state index contributed by atoms with van der Waals surface area (Å²) in [6.07, 6.45) is 0. The minimum absolute atomic E-state index is 0.0435. The maximum absolute atomic E-state index is 13.0. The second-order valence-corrected chi connectivity index (χ2v) is 5.88. The van der Waals surface area contributed by atoms with Crippen LogP contribution in [0.15, 0.2) is 24.3 Å². The zero-order chi connectivity index (χ0) is 14.7. The van der Waals surface area contributed by atoms with E-state index in [2.05, 4.69) is 19.2 Å². The molecule has 0 saturated carbocycles. The third-order valence-corrected chi connectivity index (χ3v) is 4.15. The van der Waals surface area contributed by atoms with Crippen LogP contribution in [0.2, 0.25) is 0 Å². The van der Waals surface area contributed by atoms with Gasteiger partial charge in [0, 0.05) is 31.6 Å². The summed E-state index contributed by atoms with van der Waals surface area (Å²) in [4.78, 5) is 14.3. The summed E-state index contributed by atoms with van der Waals surface area (Å²) < 4.78 is 13.0.